The van der Waals surface area contributed by atoms with E-state index in [1.54, 1.807) is 6.92 Å². The Bertz CT molecular complexity index is 721. The summed E-state index contributed by atoms with van der Waals surface area (Å²) >= 11 is 8.77. The first-order chi connectivity index (χ1) is 11.9. The van der Waals surface area contributed by atoms with Crippen LogP contribution in [0.15, 0.2) is 27.9 Å². The van der Waals surface area contributed by atoms with Gasteiger partial charge in [-0.25, -0.2) is 4.79 Å². The van der Waals surface area contributed by atoms with Crippen LogP contribution >= 0.6 is 28.1 Å². The van der Waals surface area contributed by atoms with Crippen LogP contribution in [0.25, 0.3) is 0 Å². The van der Waals surface area contributed by atoms with Crippen molar-refractivity contribution in [2.45, 2.75) is 26.8 Å². The number of thiocarbonyl (C=S) groups is 1. The van der Waals surface area contributed by atoms with Crippen LogP contribution in [0.3, 0.4) is 0 Å². The Morgan fingerprint density at radius 2 is 1.96 bits per heavy atom. The Labute approximate surface area is 161 Å². The van der Waals surface area contributed by atoms with Crippen molar-refractivity contribution < 1.29 is 19.0 Å². The molecule has 0 spiro atoms. The number of hydrogen-bond donors (Lipinski definition) is 2. The lowest BCUT2D eigenvalue weighted by Crippen LogP contribution is -2.45. The van der Waals surface area contributed by atoms with E-state index in [2.05, 4.69) is 26.6 Å². The minimum Gasteiger partial charge on any atom is -0.490 e. The largest absolute Gasteiger partial charge is 0.490 e. The molecule has 0 fully saturated rings. The average molecular weight is 429 g/mol. The number of nitrogens with one attached hydrogen (secondary N) is 2. The van der Waals surface area contributed by atoms with Crippen LogP contribution in [0.5, 0.6) is 11.5 Å². The maximum Gasteiger partial charge on any atom is 0.337 e. The lowest BCUT2D eigenvalue weighted by atomic mass is 9.95. The molecular formula is C17H21BrN2O4S. The van der Waals surface area contributed by atoms with Crippen LogP contribution in [0, 0.1) is 0 Å². The summed E-state index contributed by atoms with van der Waals surface area (Å²) in [4.78, 5) is 12.3. The molecule has 0 aliphatic carbocycles. The van der Waals surface area contributed by atoms with Gasteiger partial charge in [-0.3, -0.25) is 0 Å². The summed E-state index contributed by atoms with van der Waals surface area (Å²) in [6.07, 6.45) is 0. The highest BCUT2D eigenvalue weighted by atomic mass is 79.9. The molecule has 1 aliphatic rings. The maximum atomic E-state index is 12.3. The lowest BCUT2D eigenvalue weighted by molar-refractivity contribution is -0.136. The second-order valence-corrected chi connectivity index (χ2v) is 6.52. The molecule has 0 radical (unpaired) electrons. The van der Waals surface area contributed by atoms with Gasteiger partial charge in [0.25, 0.3) is 0 Å². The minimum absolute atomic E-state index is 0.423. The van der Waals surface area contributed by atoms with Gasteiger partial charge < -0.3 is 24.8 Å². The molecule has 0 amide bonds. The zero-order chi connectivity index (χ0) is 18.6. The number of carbonyl (C=O) groups excluding carboxylic acids is 1. The first-order valence-corrected chi connectivity index (χ1v) is 9.08. The normalized spacial score (nSPS) is 16.8. The molecule has 1 aliphatic heterocycles. The van der Waals surface area contributed by atoms with Crippen LogP contribution < -0.4 is 20.1 Å². The van der Waals surface area contributed by atoms with E-state index in [9.17, 15) is 4.79 Å². The number of hydrogen-bond acceptors (Lipinski definition) is 5. The number of benzene rings is 1. The first kappa shape index (κ1) is 19.5. The van der Waals surface area contributed by atoms with Crippen LogP contribution in [0.2, 0.25) is 0 Å². The summed E-state index contributed by atoms with van der Waals surface area (Å²) in [5.74, 6) is 0.805. The molecule has 1 aromatic carbocycles. The van der Waals surface area contributed by atoms with Crippen molar-refractivity contribution in [2.24, 2.45) is 0 Å². The third-order valence-electron chi connectivity index (χ3n) is 3.63. The van der Waals surface area contributed by atoms with E-state index in [4.69, 9.17) is 26.4 Å². The summed E-state index contributed by atoms with van der Waals surface area (Å²) in [7, 11) is 1.35. The zero-order valence-electron chi connectivity index (χ0n) is 14.6. The number of carbonyl (C=O) groups is 1. The van der Waals surface area contributed by atoms with E-state index in [0.29, 0.717) is 41.1 Å². The van der Waals surface area contributed by atoms with Crippen molar-refractivity contribution in [1.29, 1.82) is 0 Å². The van der Waals surface area contributed by atoms with Crippen molar-refractivity contribution >= 4 is 39.2 Å². The molecule has 6 nitrogen and oxygen atoms in total. The fourth-order valence-electron chi connectivity index (χ4n) is 2.63. The molecule has 1 heterocycles. The number of esters is 1. The van der Waals surface area contributed by atoms with E-state index in [0.717, 1.165) is 10.0 Å². The van der Waals surface area contributed by atoms with Crippen LogP contribution in [-0.4, -0.2) is 31.4 Å². The van der Waals surface area contributed by atoms with Crippen LogP contribution in [0.4, 0.5) is 0 Å². The molecule has 2 N–H and O–H groups in total. The molecule has 0 bridgehead atoms. The summed E-state index contributed by atoms with van der Waals surface area (Å²) in [6.45, 7) is 6.61. The van der Waals surface area contributed by atoms with Crippen molar-refractivity contribution in [3.8, 4) is 11.5 Å². The monoisotopic (exact) mass is 428 g/mol. The van der Waals surface area contributed by atoms with Gasteiger partial charge in [0.05, 0.1) is 36.4 Å². The van der Waals surface area contributed by atoms with Gasteiger partial charge in [-0.1, -0.05) is 0 Å². The van der Waals surface area contributed by atoms with Crippen LogP contribution in [0.1, 0.15) is 32.4 Å². The van der Waals surface area contributed by atoms with Crippen molar-refractivity contribution in [1.82, 2.24) is 10.6 Å². The summed E-state index contributed by atoms with van der Waals surface area (Å²) in [5, 5.41) is 6.53. The fraction of sp³-hybridized carbons (Fsp3) is 0.412. The molecular weight excluding hydrogens is 408 g/mol. The first-order valence-electron chi connectivity index (χ1n) is 7.88. The molecule has 1 aromatic rings. The predicted molar refractivity (Wildman–Crippen MR) is 103 cm³/mol. The zero-order valence-corrected chi connectivity index (χ0v) is 17.0. The van der Waals surface area contributed by atoms with Gasteiger partial charge in [-0.15, -0.1) is 0 Å². The standard InChI is InChI=1S/C17H21BrN2O4S/c1-5-23-12-8-10(7-11(18)15(12)24-6-2)14-13(16(21)22-4)9(3)19-17(25)20-14/h7-8,14H,5-6H2,1-4H3,(H2,19,20,25). The van der Waals surface area contributed by atoms with E-state index in [-0.39, 0.29) is 0 Å². The topological polar surface area (TPSA) is 68.8 Å². The van der Waals surface area contributed by atoms with Gasteiger partial charge in [0.1, 0.15) is 0 Å². The number of allylic oxidation sites excluding steroid dienone is 1. The third kappa shape index (κ3) is 4.24. The van der Waals surface area contributed by atoms with Crippen molar-refractivity contribution in [3.05, 3.63) is 33.4 Å². The predicted octanol–water partition coefficient (Wildman–Crippen LogP) is 3.21. The minimum atomic E-state index is -0.451. The molecule has 0 saturated heterocycles. The second-order valence-electron chi connectivity index (χ2n) is 5.26. The number of methoxy groups -OCH3 is 1. The molecule has 136 valence electrons. The summed E-state index contributed by atoms with van der Waals surface area (Å²) in [5.41, 5.74) is 1.93. The molecule has 1 atom stereocenters. The highest BCUT2D eigenvalue weighted by Gasteiger charge is 2.31. The van der Waals surface area contributed by atoms with Crippen molar-refractivity contribution in [2.75, 3.05) is 20.3 Å². The van der Waals surface area contributed by atoms with E-state index in [1.807, 2.05) is 26.0 Å². The smallest absolute Gasteiger partial charge is 0.337 e. The fourth-order valence-corrected chi connectivity index (χ4v) is 3.47. The van der Waals surface area contributed by atoms with Gasteiger partial charge in [0.15, 0.2) is 16.6 Å². The molecule has 0 aromatic heterocycles. The van der Waals surface area contributed by atoms with E-state index < -0.39 is 12.0 Å². The maximum absolute atomic E-state index is 12.3. The summed E-state index contributed by atoms with van der Waals surface area (Å²) in [6, 6.07) is 3.28. The Morgan fingerprint density at radius 1 is 1.28 bits per heavy atom. The molecule has 8 heteroatoms. The number of rotatable bonds is 6. The Balaban J connectivity index is 2.56. The molecule has 25 heavy (non-hydrogen) atoms. The van der Waals surface area contributed by atoms with Gasteiger partial charge in [-0.2, -0.15) is 0 Å². The number of ether oxygens (including phenoxy) is 3. The van der Waals surface area contributed by atoms with E-state index in [1.165, 1.54) is 7.11 Å². The molecule has 0 saturated carbocycles. The summed E-state index contributed by atoms with van der Waals surface area (Å²) < 4.78 is 17.0. The second kappa shape index (κ2) is 8.53. The SMILES string of the molecule is CCOc1cc(C2NC(=S)NC(C)=C2C(=O)OC)cc(Br)c1OCC. The van der Waals surface area contributed by atoms with Crippen LogP contribution in [-0.2, 0) is 9.53 Å². The molecule has 1 unspecified atom stereocenters. The van der Waals surface area contributed by atoms with Crippen molar-refractivity contribution in [3.63, 3.8) is 0 Å². The van der Waals surface area contributed by atoms with Gasteiger partial charge in [-0.05, 0) is 66.6 Å². The van der Waals surface area contributed by atoms with Gasteiger partial charge in [0.2, 0.25) is 0 Å². The van der Waals surface area contributed by atoms with Gasteiger partial charge in [0, 0.05) is 5.70 Å². The third-order valence-corrected chi connectivity index (χ3v) is 4.44. The quantitative estimate of drug-likeness (QED) is 0.532. The number of halogens is 1. The Hall–Kier alpha value is -1.80. The highest BCUT2D eigenvalue weighted by molar-refractivity contribution is 9.10. The van der Waals surface area contributed by atoms with E-state index >= 15 is 0 Å². The lowest BCUT2D eigenvalue weighted by Gasteiger charge is -2.30. The molecule has 2 rings (SSSR count). The Morgan fingerprint density at radius 3 is 2.56 bits per heavy atom. The highest BCUT2D eigenvalue weighted by Crippen LogP contribution is 2.40. The Kier molecular flexibility index (Phi) is 6.66. The average Bonchev–Trinajstić information content (AvgIpc) is 2.56. The van der Waals surface area contributed by atoms with Gasteiger partial charge >= 0.3 is 5.97 Å².